The lowest BCUT2D eigenvalue weighted by atomic mass is 9.83. The summed E-state index contributed by atoms with van der Waals surface area (Å²) >= 11 is 0. The zero-order valence-corrected chi connectivity index (χ0v) is 48.0. The van der Waals surface area contributed by atoms with Gasteiger partial charge in [-0.3, -0.25) is 38.6 Å². The number of hydrogen-bond acceptors (Lipinski definition) is 14. The number of amides is 5. The van der Waals surface area contributed by atoms with Crippen LogP contribution in [0.25, 0.3) is 10.8 Å². The quantitative estimate of drug-likeness (QED) is 0.101. The Morgan fingerprint density at radius 2 is 1.49 bits per heavy atom. The molecule has 442 valence electrons. The zero-order valence-electron chi connectivity index (χ0n) is 48.0. The maximum Gasteiger partial charge on any atom is 0.272 e. The average Bonchev–Trinajstić information content (AvgIpc) is 3.61. The third-order valence-corrected chi connectivity index (χ3v) is 17.5. The van der Waals surface area contributed by atoms with Crippen molar-refractivity contribution >= 4 is 40.3 Å². The minimum Gasteiger partial charge on any atom is -0.480 e. The topological polar surface area (TPSA) is 219 Å². The van der Waals surface area contributed by atoms with Crippen molar-refractivity contribution in [2.75, 3.05) is 112 Å². The van der Waals surface area contributed by atoms with Gasteiger partial charge in [0.2, 0.25) is 29.5 Å². The van der Waals surface area contributed by atoms with Crippen molar-refractivity contribution in [1.29, 1.82) is 0 Å². The molecule has 21 heteroatoms. The van der Waals surface area contributed by atoms with Crippen LogP contribution in [0.15, 0.2) is 77.7 Å². The number of aromatic nitrogens is 4. The van der Waals surface area contributed by atoms with E-state index in [1.54, 1.807) is 34.1 Å². The number of hydrogen-bond donors (Lipinski definition) is 3. The van der Waals surface area contributed by atoms with E-state index in [0.717, 1.165) is 96.1 Å². The van der Waals surface area contributed by atoms with Gasteiger partial charge in [-0.05, 0) is 112 Å². The lowest BCUT2D eigenvalue weighted by Crippen LogP contribution is -2.57. The first-order valence-corrected chi connectivity index (χ1v) is 29.9. The molecule has 4 saturated heterocycles. The van der Waals surface area contributed by atoms with E-state index < -0.39 is 17.8 Å². The second-order valence-corrected chi connectivity index (χ2v) is 22.9. The highest BCUT2D eigenvalue weighted by Crippen LogP contribution is 2.31. The SMILES string of the molecule is CCOc1nc(OC)cnc1CNCC(=O)N1CCC[C@@H](c2cccc(C(=O)N[C@@H](C(=O)N3CCN(CC4CCN(CC(=O)N5CCN(C(=O)c6cc(Cc7n[nH]c(=O)c8ccccc78)ccc6F)CC5)CC4)CC3)C3CCCCC3)c2)C1. The van der Waals surface area contributed by atoms with Crippen LogP contribution in [0.4, 0.5) is 4.39 Å². The largest absolute Gasteiger partial charge is 0.480 e. The van der Waals surface area contributed by atoms with Gasteiger partial charge < -0.3 is 39.7 Å². The number of fused-ring (bicyclic) bond motifs is 1. The molecule has 5 fully saturated rings. The highest BCUT2D eigenvalue weighted by atomic mass is 19.1. The number of aromatic amines is 1. The molecule has 1 saturated carbocycles. The zero-order chi connectivity index (χ0) is 57.8. The number of nitrogens with zero attached hydrogens (tertiary/aromatic N) is 9. The highest BCUT2D eigenvalue weighted by molar-refractivity contribution is 5.98. The number of rotatable bonds is 19. The molecule has 3 aromatic carbocycles. The van der Waals surface area contributed by atoms with Crippen LogP contribution in [0.1, 0.15) is 114 Å². The predicted molar refractivity (Wildman–Crippen MR) is 311 cm³/mol. The van der Waals surface area contributed by atoms with Crippen LogP contribution in [-0.2, 0) is 27.3 Å². The first-order valence-electron chi connectivity index (χ1n) is 29.9. The van der Waals surface area contributed by atoms with Crippen LogP contribution in [0, 0.1) is 17.7 Å². The fourth-order valence-electron chi connectivity index (χ4n) is 12.7. The van der Waals surface area contributed by atoms with Gasteiger partial charge in [-0.25, -0.2) is 14.5 Å². The van der Waals surface area contributed by atoms with Crippen molar-refractivity contribution in [1.82, 2.24) is 60.2 Å². The molecule has 83 heavy (non-hydrogen) atoms. The monoisotopic (exact) mass is 1140 g/mol. The fraction of sp³-hybridized carbons (Fsp3) is 0.532. The Hall–Kier alpha value is -7.36. The van der Waals surface area contributed by atoms with Crippen molar-refractivity contribution in [2.24, 2.45) is 11.8 Å². The van der Waals surface area contributed by atoms with Crippen LogP contribution >= 0.6 is 0 Å². The number of benzene rings is 3. The lowest BCUT2D eigenvalue weighted by Gasteiger charge is -2.41. The Kier molecular flexibility index (Phi) is 19.7. The Morgan fingerprint density at radius 1 is 0.747 bits per heavy atom. The second kappa shape index (κ2) is 27.8. The molecule has 0 radical (unpaired) electrons. The van der Waals surface area contributed by atoms with Gasteiger partial charge in [-0.15, -0.1) is 0 Å². The van der Waals surface area contributed by atoms with Crippen LogP contribution in [-0.4, -0.2) is 197 Å². The van der Waals surface area contributed by atoms with Crippen molar-refractivity contribution in [2.45, 2.75) is 89.6 Å². The van der Waals surface area contributed by atoms with Crippen LogP contribution < -0.4 is 25.7 Å². The third kappa shape index (κ3) is 14.7. The lowest BCUT2D eigenvalue weighted by molar-refractivity contribution is -0.137. The number of ether oxygens (including phenoxy) is 2. The number of likely N-dealkylation sites (tertiary alicyclic amines) is 2. The number of carbonyl (C=O) groups excluding carboxylic acids is 5. The molecule has 1 aliphatic carbocycles. The van der Waals surface area contributed by atoms with Crippen molar-refractivity contribution in [3.05, 3.63) is 123 Å². The second-order valence-electron chi connectivity index (χ2n) is 22.9. The molecule has 2 atom stereocenters. The van der Waals surface area contributed by atoms with E-state index >= 15 is 4.39 Å². The summed E-state index contributed by atoms with van der Waals surface area (Å²) in [5.41, 5.74) is 3.11. The smallest absolute Gasteiger partial charge is 0.272 e. The highest BCUT2D eigenvalue weighted by Gasteiger charge is 2.37. The molecule has 5 aliphatic rings. The molecule has 0 unspecified atom stereocenters. The molecule has 0 bridgehead atoms. The van der Waals surface area contributed by atoms with E-state index in [0.29, 0.717) is 129 Å². The first-order chi connectivity index (χ1) is 40.4. The first kappa shape index (κ1) is 58.8. The summed E-state index contributed by atoms with van der Waals surface area (Å²) in [5, 5.41) is 14.4. The van der Waals surface area contributed by atoms with Crippen LogP contribution in [0.2, 0.25) is 0 Å². The van der Waals surface area contributed by atoms with E-state index in [4.69, 9.17) is 9.47 Å². The van der Waals surface area contributed by atoms with E-state index in [9.17, 15) is 28.8 Å². The maximum absolute atomic E-state index is 15.2. The van der Waals surface area contributed by atoms with Gasteiger partial charge >= 0.3 is 0 Å². The molecule has 3 N–H and O–H groups in total. The molecule has 4 aliphatic heterocycles. The summed E-state index contributed by atoms with van der Waals surface area (Å²) in [5.74, 6) is 0.0844. The Labute approximate surface area is 484 Å². The number of piperidine rings is 2. The molecule has 0 spiro atoms. The van der Waals surface area contributed by atoms with Gasteiger partial charge in [0, 0.05) is 102 Å². The predicted octanol–water partition coefficient (Wildman–Crippen LogP) is 4.87. The van der Waals surface area contributed by atoms with Gasteiger partial charge in [0.25, 0.3) is 17.4 Å². The number of methoxy groups -OCH3 is 1. The van der Waals surface area contributed by atoms with Crippen molar-refractivity contribution in [3.63, 3.8) is 0 Å². The van der Waals surface area contributed by atoms with Gasteiger partial charge in [0.1, 0.15) is 17.6 Å². The minimum atomic E-state index is -0.611. The normalized spacial score (nSPS) is 19.1. The van der Waals surface area contributed by atoms with Crippen molar-refractivity contribution < 1.29 is 37.8 Å². The van der Waals surface area contributed by atoms with Crippen molar-refractivity contribution in [3.8, 4) is 11.8 Å². The summed E-state index contributed by atoms with van der Waals surface area (Å²) in [6.45, 7) is 10.9. The minimum absolute atomic E-state index is 0.00141. The van der Waals surface area contributed by atoms with Gasteiger partial charge in [-0.1, -0.05) is 55.7 Å². The van der Waals surface area contributed by atoms with Crippen LogP contribution in [0.3, 0.4) is 0 Å². The average molecular weight is 1140 g/mol. The van der Waals surface area contributed by atoms with Crippen LogP contribution in [0.5, 0.6) is 11.8 Å². The number of H-pyrrole nitrogens is 1. The van der Waals surface area contributed by atoms with Gasteiger partial charge in [0.05, 0.1) is 49.6 Å². The maximum atomic E-state index is 15.2. The standard InChI is InChI=1S/C62H79FN12O8/c1-3-83-60-53(65-37-54(66-60)82-2)36-64-38-55(76)75-22-10-15-47(40-75)45-13-9-14-46(35-45)58(78)67-57(44-11-5-4-6-12-44)62(81)74-27-25-71(26-28-74)39-42-20-23-70(24-21-42)41-56(77)72-29-31-73(32-30-72)61(80)50-33-43(18-19-51(50)63)34-52-48-16-7-8-17-49(48)59(79)69-68-52/h7-9,13-14,16-19,33,35,37,42,44,47,57,64H,3-6,10-12,15,20-32,34,36,38-41H2,1-2H3,(H,67,78)(H,69,79)/t47-,57-/m1/s1. The molecule has 2 aromatic heterocycles. The Morgan fingerprint density at radius 3 is 2.25 bits per heavy atom. The molecule has 6 heterocycles. The van der Waals surface area contributed by atoms with E-state index in [-0.39, 0.29) is 53.1 Å². The molecular weight excluding hydrogens is 1060 g/mol. The van der Waals surface area contributed by atoms with Gasteiger partial charge in [-0.2, -0.15) is 10.1 Å². The van der Waals surface area contributed by atoms with E-state index in [1.165, 1.54) is 19.4 Å². The summed E-state index contributed by atoms with van der Waals surface area (Å²) in [6.07, 6.45) is 10.5. The Bertz CT molecular complexity index is 3150. The molecule has 5 aromatic rings. The fourth-order valence-corrected chi connectivity index (χ4v) is 12.7. The number of halogens is 1. The molecule has 10 rings (SSSR count). The number of carbonyl (C=O) groups is 5. The number of nitrogens with one attached hydrogen (secondary N) is 3. The van der Waals surface area contributed by atoms with E-state index in [1.807, 2.05) is 53.1 Å². The third-order valence-electron chi connectivity index (χ3n) is 17.5. The molecule has 5 amide bonds. The summed E-state index contributed by atoms with van der Waals surface area (Å²) in [6, 6.07) is 18.7. The van der Waals surface area contributed by atoms with Gasteiger partial charge in [0.15, 0.2) is 0 Å². The van der Waals surface area contributed by atoms with E-state index in [2.05, 4.69) is 40.6 Å². The Balaban J connectivity index is 0.650. The molecule has 20 nitrogen and oxygen atoms in total. The summed E-state index contributed by atoms with van der Waals surface area (Å²) in [4.78, 5) is 102. The summed E-state index contributed by atoms with van der Waals surface area (Å²) < 4.78 is 26.0. The number of piperazine rings is 2. The summed E-state index contributed by atoms with van der Waals surface area (Å²) in [7, 11) is 1.52. The molecular formula is C62H79FN12O8.